The van der Waals surface area contributed by atoms with Gasteiger partial charge in [-0.1, -0.05) is 36.4 Å². The number of hydrogen-bond donors (Lipinski definition) is 1. The minimum absolute atomic E-state index is 0.00224. The van der Waals surface area contributed by atoms with E-state index in [4.69, 9.17) is 0 Å². The summed E-state index contributed by atoms with van der Waals surface area (Å²) in [6.07, 6.45) is 0.870. The van der Waals surface area contributed by atoms with Gasteiger partial charge in [0.25, 0.3) is 5.91 Å². The topological polar surface area (TPSA) is 29.1 Å². The summed E-state index contributed by atoms with van der Waals surface area (Å²) < 4.78 is 0. The fourth-order valence-corrected chi connectivity index (χ4v) is 3.69. The molecule has 0 fully saturated rings. The molecule has 1 aromatic heterocycles. The van der Waals surface area contributed by atoms with E-state index in [0.717, 1.165) is 22.8 Å². The lowest BCUT2D eigenvalue weighted by Crippen LogP contribution is -2.34. The highest BCUT2D eigenvalue weighted by molar-refractivity contribution is 7.11. The van der Waals surface area contributed by atoms with Crippen LogP contribution in [0.15, 0.2) is 54.6 Å². The lowest BCUT2D eigenvalue weighted by atomic mass is 10.0. The van der Waals surface area contributed by atoms with Crippen molar-refractivity contribution < 1.29 is 4.79 Å². The molecule has 0 radical (unpaired) electrons. The van der Waals surface area contributed by atoms with Crippen molar-refractivity contribution in [1.82, 2.24) is 5.32 Å². The van der Waals surface area contributed by atoms with E-state index in [2.05, 4.69) is 31.3 Å². The molecule has 1 unspecified atom stereocenters. The summed E-state index contributed by atoms with van der Waals surface area (Å²) in [6, 6.07) is 18.2. The van der Waals surface area contributed by atoms with Crippen molar-refractivity contribution in [3.63, 3.8) is 0 Å². The highest BCUT2D eigenvalue weighted by Gasteiger charge is 2.13. The Balaban J connectivity index is 1.75. The fraction of sp³-hybridized carbons (Fsp3) is 0.211. The van der Waals surface area contributed by atoms with Gasteiger partial charge in [0.1, 0.15) is 0 Å². The molecule has 0 bridgehead atoms. The Kier molecular flexibility index (Phi) is 4.25. The summed E-state index contributed by atoms with van der Waals surface area (Å²) in [5.41, 5.74) is 0.743. The van der Waals surface area contributed by atoms with Gasteiger partial charge in [0.2, 0.25) is 0 Å². The van der Waals surface area contributed by atoms with Gasteiger partial charge in [-0.25, -0.2) is 0 Å². The van der Waals surface area contributed by atoms with Crippen LogP contribution >= 0.6 is 11.3 Å². The van der Waals surface area contributed by atoms with Crippen LogP contribution < -0.4 is 5.32 Å². The first kappa shape index (κ1) is 14.8. The molecule has 0 aliphatic rings. The van der Waals surface area contributed by atoms with Gasteiger partial charge in [-0.2, -0.15) is 0 Å². The second-order valence-corrected chi connectivity index (χ2v) is 6.99. The van der Waals surface area contributed by atoms with Crippen molar-refractivity contribution in [2.75, 3.05) is 0 Å². The number of nitrogens with one attached hydrogen (secondary N) is 1. The molecule has 3 heteroatoms. The number of rotatable bonds is 4. The first-order chi connectivity index (χ1) is 10.6. The van der Waals surface area contributed by atoms with Crippen molar-refractivity contribution in [3.8, 4) is 0 Å². The van der Waals surface area contributed by atoms with Crippen LogP contribution in [0, 0.1) is 6.92 Å². The molecule has 1 heterocycles. The Labute approximate surface area is 134 Å². The zero-order valence-electron chi connectivity index (χ0n) is 12.8. The highest BCUT2D eigenvalue weighted by Crippen LogP contribution is 2.19. The second kappa shape index (κ2) is 6.32. The Bertz CT molecular complexity index is 801. The van der Waals surface area contributed by atoms with Crippen LogP contribution in [0.2, 0.25) is 0 Å². The average molecular weight is 309 g/mol. The van der Waals surface area contributed by atoms with Crippen molar-refractivity contribution in [2.24, 2.45) is 0 Å². The number of aryl methyl sites for hydroxylation is 1. The summed E-state index contributed by atoms with van der Waals surface area (Å²) in [5.74, 6) is -0.00224. The van der Waals surface area contributed by atoms with Crippen LogP contribution in [0.3, 0.4) is 0 Å². The SMILES string of the molecule is Cc1ccc(CC(C)NC(=O)c2cccc3ccccc23)s1. The summed E-state index contributed by atoms with van der Waals surface area (Å²) in [6.45, 7) is 4.16. The predicted molar refractivity (Wildman–Crippen MR) is 93.6 cm³/mol. The third-order valence-electron chi connectivity index (χ3n) is 3.72. The van der Waals surface area contributed by atoms with Gasteiger partial charge in [-0.15, -0.1) is 11.3 Å². The number of thiophene rings is 1. The quantitative estimate of drug-likeness (QED) is 0.751. The number of fused-ring (bicyclic) bond motifs is 1. The lowest BCUT2D eigenvalue weighted by Gasteiger charge is -2.14. The Hall–Kier alpha value is -2.13. The number of carbonyl (C=O) groups excluding carboxylic acids is 1. The first-order valence-corrected chi connectivity index (χ1v) is 8.29. The molecule has 112 valence electrons. The fourth-order valence-electron chi connectivity index (χ4n) is 2.67. The maximum atomic E-state index is 12.6. The molecule has 0 saturated carbocycles. The van der Waals surface area contributed by atoms with Gasteiger partial charge in [0.15, 0.2) is 0 Å². The average Bonchev–Trinajstić information content (AvgIpc) is 2.91. The van der Waals surface area contributed by atoms with E-state index >= 15 is 0 Å². The third kappa shape index (κ3) is 3.20. The molecular formula is C19H19NOS. The first-order valence-electron chi connectivity index (χ1n) is 7.47. The summed E-state index contributed by atoms with van der Waals surface area (Å²) >= 11 is 1.79. The van der Waals surface area contributed by atoms with Crippen molar-refractivity contribution in [2.45, 2.75) is 26.3 Å². The van der Waals surface area contributed by atoms with Gasteiger partial charge < -0.3 is 5.32 Å². The molecule has 3 rings (SSSR count). The smallest absolute Gasteiger partial charge is 0.252 e. The Morgan fingerprint density at radius 3 is 2.64 bits per heavy atom. The van der Waals surface area contributed by atoms with Gasteiger partial charge in [0, 0.05) is 27.8 Å². The highest BCUT2D eigenvalue weighted by atomic mass is 32.1. The van der Waals surface area contributed by atoms with Crippen LogP contribution in [0.25, 0.3) is 10.8 Å². The second-order valence-electron chi connectivity index (χ2n) is 5.62. The van der Waals surface area contributed by atoms with Crippen LogP contribution in [0.4, 0.5) is 0 Å². The largest absolute Gasteiger partial charge is 0.349 e. The predicted octanol–water partition coefficient (Wildman–Crippen LogP) is 4.57. The maximum absolute atomic E-state index is 12.6. The zero-order chi connectivity index (χ0) is 15.5. The van der Waals surface area contributed by atoms with Crippen LogP contribution in [0.1, 0.15) is 27.0 Å². The molecule has 0 aliphatic heterocycles. The molecule has 0 aliphatic carbocycles. The molecule has 0 saturated heterocycles. The van der Waals surface area contributed by atoms with Gasteiger partial charge >= 0.3 is 0 Å². The van der Waals surface area contributed by atoms with E-state index in [-0.39, 0.29) is 11.9 Å². The van der Waals surface area contributed by atoms with Crippen molar-refractivity contribution in [1.29, 1.82) is 0 Å². The molecule has 0 spiro atoms. The van der Waals surface area contributed by atoms with Crippen LogP contribution in [-0.2, 0) is 6.42 Å². The summed E-state index contributed by atoms with van der Waals surface area (Å²) in [5, 5.41) is 5.21. The van der Waals surface area contributed by atoms with Gasteiger partial charge in [0.05, 0.1) is 0 Å². The van der Waals surface area contributed by atoms with Crippen molar-refractivity contribution >= 4 is 28.0 Å². The summed E-state index contributed by atoms with van der Waals surface area (Å²) in [4.78, 5) is 15.2. The Morgan fingerprint density at radius 2 is 1.86 bits per heavy atom. The zero-order valence-corrected chi connectivity index (χ0v) is 13.6. The molecule has 1 atom stereocenters. The monoisotopic (exact) mass is 309 g/mol. The van der Waals surface area contributed by atoms with E-state index in [1.807, 2.05) is 42.5 Å². The molecule has 2 nitrogen and oxygen atoms in total. The minimum atomic E-state index is -0.00224. The number of amides is 1. The molecule has 3 aromatic rings. The normalized spacial score (nSPS) is 12.3. The number of hydrogen-bond acceptors (Lipinski definition) is 2. The maximum Gasteiger partial charge on any atom is 0.252 e. The van der Waals surface area contributed by atoms with Crippen LogP contribution in [0.5, 0.6) is 0 Å². The standard InChI is InChI=1S/C19H19NOS/c1-13(12-16-11-10-14(2)22-16)20-19(21)18-9-5-7-15-6-3-4-8-17(15)18/h3-11,13H,12H2,1-2H3,(H,20,21). The molecule has 1 amide bonds. The van der Waals surface area contributed by atoms with E-state index in [9.17, 15) is 4.79 Å². The van der Waals surface area contributed by atoms with Gasteiger partial charge in [-0.3, -0.25) is 4.79 Å². The van der Waals surface area contributed by atoms with Crippen LogP contribution in [-0.4, -0.2) is 11.9 Å². The van der Waals surface area contributed by atoms with E-state index in [1.165, 1.54) is 9.75 Å². The minimum Gasteiger partial charge on any atom is -0.349 e. The third-order valence-corrected chi connectivity index (χ3v) is 4.74. The van der Waals surface area contributed by atoms with E-state index in [1.54, 1.807) is 11.3 Å². The van der Waals surface area contributed by atoms with Crippen molar-refractivity contribution in [3.05, 3.63) is 69.9 Å². The number of benzene rings is 2. The van der Waals surface area contributed by atoms with Gasteiger partial charge in [-0.05, 0) is 42.8 Å². The summed E-state index contributed by atoms with van der Waals surface area (Å²) in [7, 11) is 0. The molecule has 22 heavy (non-hydrogen) atoms. The molecule has 2 aromatic carbocycles. The molecule has 1 N–H and O–H groups in total. The Morgan fingerprint density at radius 1 is 1.09 bits per heavy atom. The van der Waals surface area contributed by atoms with E-state index < -0.39 is 0 Å². The van der Waals surface area contributed by atoms with E-state index in [0.29, 0.717) is 0 Å². The number of carbonyl (C=O) groups is 1. The molecular weight excluding hydrogens is 290 g/mol. The lowest BCUT2D eigenvalue weighted by molar-refractivity contribution is 0.0942.